The number of hydrogen-bond acceptors (Lipinski definition) is 6. The lowest BCUT2D eigenvalue weighted by Crippen LogP contribution is -2.52. The van der Waals surface area contributed by atoms with Crippen molar-refractivity contribution in [2.75, 3.05) is 44.2 Å². The molecule has 0 spiro atoms. The van der Waals surface area contributed by atoms with E-state index < -0.39 is 29.5 Å². The predicted molar refractivity (Wildman–Crippen MR) is 175 cm³/mol. The number of likely N-dealkylation sites (tertiary alicyclic amines) is 1. The fourth-order valence-electron chi connectivity index (χ4n) is 7.63. The minimum absolute atomic E-state index is 0.146. The third kappa shape index (κ3) is 7.21. The molecule has 3 saturated heterocycles. The van der Waals surface area contributed by atoms with E-state index in [1.165, 1.54) is 22.8 Å². The molecule has 0 aliphatic carbocycles. The molecule has 3 amide bonds. The largest absolute Gasteiger partial charge is 0.416 e. The summed E-state index contributed by atoms with van der Waals surface area (Å²) < 4.78 is 53.2. The number of carbonyl (C=O) groups excluding carboxylic acids is 3. The Hall–Kier alpha value is -4.29. The summed E-state index contributed by atoms with van der Waals surface area (Å²) in [6, 6.07) is 16.8. The molecule has 0 radical (unpaired) electrons. The van der Waals surface area contributed by atoms with Gasteiger partial charge in [-0.2, -0.15) is 13.2 Å². The van der Waals surface area contributed by atoms with Gasteiger partial charge in [-0.05, 0) is 84.8 Å². The minimum atomic E-state index is -4.56. The monoisotopic (exact) mass is 677 g/mol. The SMILES string of the molecule is O=C1CCC(N2Cc3cc(C4CCN(Cc5ccc(CN6CCN(c7ccc(C(F)(F)F)cc7F)CC6)cc5)CC4)ccc3C2=O)C(=O)N1. The fraction of sp³-hybridized carbons (Fsp3) is 0.432. The van der Waals surface area contributed by atoms with Crippen molar-refractivity contribution in [2.45, 2.75) is 63.5 Å². The van der Waals surface area contributed by atoms with Crippen LogP contribution in [0.25, 0.3) is 0 Å². The zero-order valence-corrected chi connectivity index (χ0v) is 27.1. The Morgan fingerprint density at radius 2 is 1.41 bits per heavy atom. The first kappa shape index (κ1) is 33.2. The van der Waals surface area contributed by atoms with Crippen molar-refractivity contribution in [1.29, 1.82) is 0 Å². The van der Waals surface area contributed by atoms with Gasteiger partial charge in [0.2, 0.25) is 11.8 Å². The number of halogens is 4. The van der Waals surface area contributed by atoms with Gasteiger partial charge in [-0.25, -0.2) is 4.39 Å². The highest BCUT2D eigenvalue weighted by molar-refractivity contribution is 6.05. The lowest BCUT2D eigenvalue weighted by Gasteiger charge is -2.36. The van der Waals surface area contributed by atoms with Crippen LogP contribution in [-0.2, 0) is 35.4 Å². The van der Waals surface area contributed by atoms with E-state index in [0.717, 1.165) is 50.7 Å². The number of benzene rings is 3. The number of anilines is 1. The number of hydrogen-bond donors (Lipinski definition) is 1. The quantitative estimate of drug-likeness (QED) is 0.270. The van der Waals surface area contributed by atoms with Crippen molar-refractivity contribution < 1.29 is 31.9 Å². The zero-order chi connectivity index (χ0) is 34.3. The normalized spacial score (nSPS) is 21.3. The molecular formula is C37H39F4N5O3. The number of imide groups is 1. The maximum atomic E-state index is 14.5. The molecule has 49 heavy (non-hydrogen) atoms. The molecule has 12 heteroatoms. The molecule has 0 aromatic heterocycles. The molecule has 8 nitrogen and oxygen atoms in total. The molecule has 4 aliphatic rings. The first-order valence-electron chi connectivity index (χ1n) is 16.9. The Bertz CT molecular complexity index is 1730. The van der Waals surface area contributed by atoms with Crippen molar-refractivity contribution in [1.82, 2.24) is 20.0 Å². The van der Waals surface area contributed by atoms with Gasteiger partial charge in [-0.15, -0.1) is 0 Å². The van der Waals surface area contributed by atoms with E-state index in [-0.39, 0.29) is 23.9 Å². The summed E-state index contributed by atoms with van der Waals surface area (Å²) in [6.07, 6.45) is -1.93. The third-order valence-corrected chi connectivity index (χ3v) is 10.4. The number of alkyl halides is 3. The number of amides is 3. The highest BCUT2D eigenvalue weighted by Gasteiger charge is 2.39. The molecule has 1 N–H and O–H groups in total. The summed E-state index contributed by atoms with van der Waals surface area (Å²) in [6.45, 7) is 6.41. The summed E-state index contributed by atoms with van der Waals surface area (Å²) in [5, 5.41) is 2.36. The summed E-state index contributed by atoms with van der Waals surface area (Å²) in [5.41, 5.74) is 4.49. The summed E-state index contributed by atoms with van der Waals surface area (Å²) in [4.78, 5) is 45.2. The average molecular weight is 678 g/mol. The molecule has 7 rings (SSSR count). The van der Waals surface area contributed by atoms with Crippen LogP contribution in [0, 0.1) is 5.82 Å². The second-order valence-corrected chi connectivity index (χ2v) is 13.6. The van der Waals surface area contributed by atoms with Crippen LogP contribution in [0.2, 0.25) is 0 Å². The van der Waals surface area contributed by atoms with Gasteiger partial charge in [-0.3, -0.25) is 29.5 Å². The number of fused-ring (bicyclic) bond motifs is 1. The van der Waals surface area contributed by atoms with Crippen LogP contribution >= 0.6 is 0 Å². The second-order valence-electron chi connectivity index (χ2n) is 13.6. The summed E-state index contributed by atoms with van der Waals surface area (Å²) in [7, 11) is 0. The third-order valence-electron chi connectivity index (χ3n) is 10.4. The van der Waals surface area contributed by atoms with E-state index in [2.05, 4.69) is 51.5 Å². The first-order chi connectivity index (χ1) is 23.5. The van der Waals surface area contributed by atoms with Crippen LogP contribution in [0.1, 0.15) is 69.8 Å². The van der Waals surface area contributed by atoms with Gasteiger partial charge in [0.1, 0.15) is 11.9 Å². The topological polar surface area (TPSA) is 76.2 Å². The molecule has 3 aromatic rings. The number of piperazine rings is 1. The van der Waals surface area contributed by atoms with Crippen LogP contribution in [0.3, 0.4) is 0 Å². The number of rotatable bonds is 7. The lowest BCUT2D eigenvalue weighted by atomic mass is 9.87. The van der Waals surface area contributed by atoms with Crippen LogP contribution in [0.4, 0.5) is 23.2 Å². The Morgan fingerprint density at radius 3 is 2.02 bits per heavy atom. The summed E-state index contributed by atoms with van der Waals surface area (Å²) in [5.74, 6) is -1.27. The van der Waals surface area contributed by atoms with E-state index >= 15 is 0 Å². The maximum Gasteiger partial charge on any atom is 0.416 e. The molecule has 3 aromatic carbocycles. The van der Waals surface area contributed by atoms with E-state index in [0.29, 0.717) is 56.7 Å². The maximum absolute atomic E-state index is 14.5. The molecule has 1 atom stereocenters. The highest BCUT2D eigenvalue weighted by atomic mass is 19.4. The number of nitrogens with one attached hydrogen (secondary N) is 1. The lowest BCUT2D eigenvalue weighted by molar-refractivity contribution is -0.138. The number of piperidine rings is 2. The van der Waals surface area contributed by atoms with Crippen molar-refractivity contribution in [3.8, 4) is 0 Å². The minimum Gasteiger partial charge on any atom is -0.367 e. The molecule has 0 saturated carbocycles. The van der Waals surface area contributed by atoms with Gasteiger partial charge in [0, 0.05) is 57.8 Å². The highest BCUT2D eigenvalue weighted by Crippen LogP contribution is 2.35. The van der Waals surface area contributed by atoms with Gasteiger partial charge in [0.25, 0.3) is 5.91 Å². The zero-order valence-electron chi connectivity index (χ0n) is 27.1. The van der Waals surface area contributed by atoms with Crippen molar-refractivity contribution in [3.63, 3.8) is 0 Å². The van der Waals surface area contributed by atoms with E-state index in [1.807, 2.05) is 6.07 Å². The second kappa shape index (κ2) is 13.5. The smallest absolute Gasteiger partial charge is 0.367 e. The number of carbonyl (C=O) groups is 3. The van der Waals surface area contributed by atoms with Gasteiger partial charge in [-0.1, -0.05) is 36.4 Å². The fourth-order valence-corrected chi connectivity index (χ4v) is 7.63. The Labute approximate surface area is 282 Å². The van der Waals surface area contributed by atoms with Crippen LogP contribution in [-0.4, -0.2) is 77.7 Å². The van der Waals surface area contributed by atoms with E-state index in [1.54, 1.807) is 9.80 Å². The summed E-state index contributed by atoms with van der Waals surface area (Å²) >= 11 is 0. The first-order valence-corrected chi connectivity index (χ1v) is 16.9. The Morgan fingerprint density at radius 1 is 0.755 bits per heavy atom. The average Bonchev–Trinajstić information content (AvgIpc) is 3.41. The van der Waals surface area contributed by atoms with Crippen molar-refractivity contribution in [3.05, 3.63) is 99.9 Å². The van der Waals surface area contributed by atoms with Gasteiger partial charge >= 0.3 is 6.18 Å². The molecular weight excluding hydrogens is 638 g/mol. The predicted octanol–water partition coefficient (Wildman–Crippen LogP) is 5.31. The van der Waals surface area contributed by atoms with Gasteiger partial charge in [0.15, 0.2) is 0 Å². The molecule has 0 bridgehead atoms. The van der Waals surface area contributed by atoms with Crippen molar-refractivity contribution >= 4 is 23.4 Å². The molecule has 4 aliphatic heterocycles. The molecule has 4 heterocycles. The standard InChI is InChI=1S/C37H39F4N5O3/c38-31-20-29(37(39,40)41)6-8-32(31)45-17-15-44(16-18-45)22-25-3-1-24(2-4-25)21-43-13-11-26(12-14-43)27-5-7-30-28(19-27)23-46(36(30)49)33-9-10-34(47)42-35(33)48/h1-8,19-20,26,33H,9-18,21-23H2,(H,42,47,48). The van der Waals surface area contributed by atoms with Gasteiger partial charge < -0.3 is 9.80 Å². The van der Waals surface area contributed by atoms with Crippen LogP contribution in [0.5, 0.6) is 0 Å². The van der Waals surface area contributed by atoms with Crippen molar-refractivity contribution in [2.24, 2.45) is 0 Å². The number of nitrogens with zero attached hydrogens (tertiary/aromatic N) is 4. The molecule has 3 fully saturated rings. The molecule has 258 valence electrons. The molecule has 1 unspecified atom stereocenters. The Balaban J connectivity index is 0.867. The van der Waals surface area contributed by atoms with Crippen LogP contribution in [0.15, 0.2) is 60.7 Å². The van der Waals surface area contributed by atoms with Crippen LogP contribution < -0.4 is 10.2 Å². The van der Waals surface area contributed by atoms with E-state index in [4.69, 9.17) is 0 Å². The van der Waals surface area contributed by atoms with E-state index in [9.17, 15) is 31.9 Å². The van der Waals surface area contributed by atoms with Gasteiger partial charge in [0.05, 0.1) is 11.3 Å². The Kier molecular flexibility index (Phi) is 9.19.